The fourth-order valence-corrected chi connectivity index (χ4v) is 4.08. The predicted octanol–water partition coefficient (Wildman–Crippen LogP) is 1.40. The lowest BCUT2D eigenvalue weighted by Gasteiger charge is -2.27. The van der Waals surface area contributed by atoms with Crippen molar-refractivity contribution >= 4 is 28.2 Å². The van der Waals surface area contributed by atoms with Crippen molar-refractivity contribution in [1.29, 1.82) is 0 Å². The molecule has 0 aromatic carbocycles. The van der Waals surface area contributed by atoms with E-state index in [0.29, 0.717) is 23.0 Å². The van der Waals surface area contributed by atoms with Gasteiger partial charge in [-0.2, -0.15) is 0 Å². The quantitative estimate of drug-likeness (QED) is 0.823. The number of hydrogen-bond donors (Lipinski definition) is 2. The van der Waals surface area contributed by atoms with Gasteiger partial charge < -0.3 is 15.0 Å². The summed E-state index contributed by atoms with van der Waals surface area (Å²) < 4.78 is 4.83. The van der Waals surface area contributed by atoms with Gasteiger partial charge in [-0.15, -0.1) is 11.3 Å². The number of hydrogen-bond acceptors (Lipinski definition) is 4. The number of aryl methyl sites for hydroxylation is 1. The molecule has 122 valence electrons. The minimum Gasteiger partial charge on any atom is -0.465 e. The zero-order valence-corrected chi connectivity index (χ0v) is 14.6. The molecule has 2 rings (SSSR count). The summed E-state index contributed by atoms with van der Waals surface area (Å²) in [5, 5.41) is 3.52. The molecule has 1 fully saturated rings. The Morgan fingerprint density at radius 1 is 1.41 bits per heavy atom. The van der Waals surface area contributed by atoms with Gasteiger partial charge >= 0.3 is 5.97 Å². The Bertz CT molecular complexity index is 568. The molecule has 0 aliphatic carbocycles. The minimum absolute atomic E-state index is 0.0319. The van der Waals surface area contributed by atoms with Crippen LogP contribution in [0.25, 0.3) is 0 Å². The third-order valence-electron chi connectivity index (χ3n) is 4.30. The molecule has 1 unspecified atom stereocenters. The number of quaternary nitrogens is 1. The van der Waals surface area contributed by atoms with Gasteiger partial charge in [-0.25, -0.2) is 4.79 Å². The highest BCUT2D eigenvalue weighted by Gasteiger charge is 2.25. The van der Waals surface area contributed by atoms with E-state index in [1.807, 2.05) is 13.8 Å². The Labute approximate surface area is 135 Å². The Hall–Kier alpha value is -1.40. The zero-order valence-electron chi connectivity index (χ0n) is 13.7. The highest BCUT2D eigenvalue weighted by atomic mass is 32.1. The molecule has 2 atom stereocenters. The van der Waals surface area contributed by atoms with E-state index in [-0.39, 0.29) is 5.91 Å². The molecule has 2 heterocycles. The molecule has 0 spiro atoms. The van der Waals surface area contributed by atoms with Gasteiger partial charge in [-0.05, 0) is 32.3 Å². The van der Waals surface area contributed by atoms with Crippen molar-refractivity contribution in [3.05, 3.63) is 16.0 Å². The summed E-state index contributed by atoms with van der Waals surface area (Å²) in [5.74, 6) is 0.250. The number of rotatable bonds is 4. The van der Waals surface area contributed by atoms with E-state index in [9.17, 15) is 9.59 Å². The van der Waals surface area contributed by atoms with E-state index >= 15 is 0 Å². The van der Waals surface area contributed by atoms with Crippen LogP contribution in [0.2, 0.25) is 0 Å². The fourth-order valence-electron chi connectivity index (χ4n) is 3.02. The number of amides is 1. The van der Waals surface area contributed by atoms with E-state index in [0.717, 1.165) is 23.5 Å². The summed E-state index contributed by atoms with van der Waals surface area (Å²) in [6.07, 6.45) is 2.43. The second-order valence-electron chi connectivity index (χ2n) is 6.16. The number of carbonyl (C=O) groups is 2. The maximum absolute atomic E-state index is 12.3. The van der Waals surface area contributed by atoms with Crippen molar-refractivity contribution < 1.29 is 19.2 Å². The molecule has 6 heteroatoms. The SMILES string of the molecule is COC(=O)c1c(NC(=O)C[NH+]2CCC[C@@H](C)C2)sc(C)c1C. The van der Waals surface area contributed by atoms with Gasteiger partial charge in [0.1, 0.15) is 5.00 Å². The van der Waals surface area contributed by atoms with E-state index in [2.05, 4.69) is 12.2 Å². The molecular formula is C16H25N2O3S+. The monoisotopic (exact) mass is 325 g/mol. The van der Waals surface area contributed by atoms with Crippen LogP contribution in [0, 0.1) is 19.8 Å². The summed E-state index contributed by atoms with van der Waals surface area (Å²) in [7, 11) is 1.36. The van der Waals surface area contributed by atoms with Crippen LogP contribution in [-0.4, -0.2) is 38.6 Å². The van der Waals surface area contributed by atoms with Crippen molar-refractivity contribution in [2.45, 2.75) is 33.6 Å². The largest absolute Gasteiger partial charge is 0.465 e. The van der Waals surface area contributed by atoms with Crippen LogP contribution in [-0.2, 0) is 9.53 Å². The summed E-state index contributed by atoms with van der Waals surface area (Å²) >= 11 is 1.43. The van der Waals surface area contributed by atoms with Crippen molar-refractivity contribution in [2.24, 2.45) is 5.92 Å². The second kappa shape index (κ2) is 7.24. The standard InChI is InChI=1S/C16H24N2O3S/c1-10-6-5-7-18(8-10)9-13(19)17-15-14(16(20)21-4)11(2)12(3)22-15/h10H,5-9H2,1-4H3,(H,17,19)/p+1/t10-/m1/s1. The number of esters is 1. The van der Waals surface area contributed by atoms with E-state index in [1.165, 1.54) is 36.2 Å². The summed E-state index contributed by atoms with van der Waals surface area (Å²) in [6, 6.07) is 0. The molecule has 1 aromatic rings. The Balaban J connectivity index is 2.05. The minimum atomic E-state index is -0.393. The van der Waals surface area contributed by atoms with E-state index < -0.39 is 5.97 Å². The number of thiophene rings is 1. The number of likely N-dealkylation sites (tertiary alicyclic amines) is 1. The predicted molar refractivity (Wildman–Crippen MR) is 87.7 cm³/mol. The smallest absolute Gasteiger partial charge is 0.341 e. The molecule has 1 aliphatic heterocycles. The highest BCUT2D eigenvalue weighted by molar-refractivity contribution is 7.16. The van der Waals surface area contributed by atoms with Gasteiger partial charge in [0.05, 0.1) is 25.8 Å². The highest BCUT2D eigenvalue weighted by Crippen LogP contribution is 2.32. The fraction of sp³-hybridized carbons (Fsp3) is 0.625. The van der Waals surface area contributed by atoms with Gasteiger partial charge in [-0.1, -0.05) is 6.92 Å². The molecule has 0 radical (unpaired) electrons. The first-order chi connectivity index (χ1) is 10.4. The Morgan fingerprint density at radius 2 is 2.14 bits per heavy atom. The maximum Gasteiger partial charge on any atom is 0.341 e. The van der Waals surface area contributed by atoms with Crippen LogP contribution in [0.15, 0.2) is 0 Å². The average Bonchev–Trinajstić information content (AvgIpc) is 2.72. The molecule has 5 nitrogen and oxygen atoms in total. The number of carbonyl (C=O) groups excluding carboxylic acids is 2. The van der Waals surface area contributed by atoms with Gasteiger partial charge in [0.15, 0.2) is 6.54 Å². The van der Waals surface area contributed by atoms with Crippen LogP contribution in [0.4, 0.5) is 5.00 Å². The summed E-state index contributed by atoms with van der Waals surface area (Å²) in [6.45, 7) is 8.61. The van der Waals surface area contributed by atoms with Crippen molar-refractivity contribution in [1.82, 2.24) is 0 Å². The topological polar surface area (TPSA) is 59.8 Å². The number of anilines is 1. The van der Waals surface area contributed by atoms with E-state index in [4.69, 9.17) is 4.74 Å². The summed E-state index contributed by atoms with van der Waals surface area (Å²) in [5.41, 5.74) is 1.37. The van der Waals surface area contributed by atoms with Gasteiger partial charge in [-0.3, -0.25) is 4.79 Å². The normalized spacial score (nSPS) is 21.5. The number of methoxy groups -OCH3 is 1. The molecule has 0 saturated carbocycles. The number of ether oxygens (including phenoxy) is 1. The van der Waals surface area contributed by atoms with Crippen LogP contribution in [0.3, 0.4) is 0 Å². The van der Waals surface area contributed by atoms with Crippen LogP contribution in [0.5, 0.6) is 0 Å². The molecular weight excluding hydrogens is 300 g/mol. The first-order valence-electron chi connectivity index (χ1n) is 7.74. The molecule has 1 amide bonds. The first-order valence-corrected chi connectivity index (χ1v) is 8.55. The lowest BCUT2D eigenvalue weighted by molar-refractivity contribution is -0.900. The molecule has 1 aliphatic rings. The van der Waals surface area contributed by atoms with Gasteiger partial charge in [0, 0.05) is 10.8 Å². The lowest BCUT2D eigenvalue weighted by Crippen LogP contribution is -3.14. The summed E-state index contributed by atoms with van der Waals surface area (Å²) in [4.78, 5) is 26.5. The van der Waals surface area contributed by atoms with Gasteiger partial charge in [0.25, 0.3) is 5.91 Å². The lowest BCUT2D eigenvalue weighted by atomic mass is 10.0. The molecule has 22 heavy (non-hydrogen) atoms. The number of nitrogens with one attached hydrogen (secondary N) is 2. The van der Waals surface area contributed by atoms with Gasteiger partial charge in [0.2, 0.25) is 0 Å². The molecule has 1 saturated heterocycles. The van der Waals surface area contributed by atoms with E-state index in [1.54, 1.807) is 0 Å². The van der Waals surface area contributed by atoms with Crippen LogP contribution < -0.4 is 10.2 Å². The second-order valence-corrected chi connectivity index (χ2v) is 7.38. The van der Waals surface area contributed by atoms with Crippen LogP contribution >= 0.6 is 11.3 Å². The van der Waals surface area contributed by atoms with Crippen LogP contribution in [0.1, 0.15) is 40.6 Å². The third kappa shape index (κ3) is 3.87. The van der Waals surface area contributed by atoms with Crippen molar-refractivity contribution in [3.63, 3.8) is 0 Å². The Morgan fingerprint density at radius 3 is 2.77 bits per heavy atom. The molecule has 1 aromatic heterocycles. The first kappa shape index (κ1) is 17.0. The van der Waals surface area contributed by atoms with Crippen molar-refractivity contribution in [2.75, 3.05) is 32.1 Å². The Kier molecular flexibility index (Phi) is 5.58. The average molecular weight is 325 g/mol. The molecule has 2 N–H and O–H groups in total. The zero-order chi connectivity index (χ0) is 16.3. The van der Waals surface area contributed by atoms with Crippen molar-refractivity contribution in [3.8, 4) is 0 Å². The third-order valence-corrected chi connectivity index (χ3v) is 5.43. The molecule has 0 bridgehead atoms. The number of piperidine rings is 1. The maximum atomic E-state index is 12.3.